The molecular weight excluding hydrogens is 527 g/mol. The molecule has 0 spiro atoms. The highest BCUT2D eigenvalue weighted by Gasteiger charge is 2.15. The predicted molar refractivity (Wildman–Crippen MR) is 147 cm³/mol. The van der Waals surface area contributed by atoms with E-state index in [0.29, 0.717) is 66.5 Å². The zero-order chi connectivity index (χ0) is 26.9. The summed E-state index contributed by atoms with van der Waals surface area (Å²) in [7, 11) is 0. The SMILES string of the molecule is CCCOc1cc(CCCOc2nn(Cc3ccccc3)cc2CC(=O)O)n(Cc2ccc(Cl)cc2Cl)n1. The molecular formula is C28H30Cl2N4O4. The third-order valence-electron chi connectivity index (χ3n) is 5.77. The van der Waals surface area contributed by atoms with Gasteiger partial charge in [0.25, 0.3) is 0 Å². The van der Waals surface area contributed by atoms with Crippen molar-refractivity contribution in [3.05, 3.63) is 93.2 Å². The van der Waals surface area contributed by atoms with Gasteiger partial charge in [0, 0.05) is 33.6 Å². The molecule has 0 fully saturated rings. The quantitative estimate of drug-likeness (QED) is 0.194. The molecule has 0 saturated heterocycles. The summed E-state index contributed by atoms with van der Waals surface area (Å²) in [4.78, 5) is 11.4. The molecule has 0 amide bonds. The Morgan fingerprint density at radius 1 is 0.974 bits per heavy atom. The first kappa shape index (κ1) is 27.5. The topological polar surface area (TPSA) is 91.4 Å². The van der Waals surface area contributed by atoms with Crippen molar-refractivity contribution in [3.8, 4) is 11.8 Å². The standard InChI is InChI=1S/C28H30Cl2N4O4/c1-2-12-37-26-16-24(34(31-26)19-21-10-11-23(29)15-25(21)30)9-6-13-38-28-22(14-27(35)36)18-33(32-28)17-20-7-4-3-5-8-20/h3-5,7-8,10-11,15-16,18H,2,6,9,12-14,17,19H2,1H3,(H,35,36). The number of carboxylic acids is 1. The number of benzene rings is 2. The number of hydrogen-bond donors (Lipinski definition) is 1. The molecule has 0 saturated carbocycles. The van der Waals surface area contributed by atoms with Crippen molar-refractivity contribution in [1.82, 2.24) is 19.6 Å². The number of aryl methyl sites for hydroxylation is 1. The van der Waals surface area contributed by atoms with Crippen molar-refractivity contribution in [2.45, 2.75) is 45.7 Å². The van der Waals surface area contributed by atoms with Crippen LogP contribution in [0.4, 0.5) is 0 Å². The zero-order valence-corrected chi connectivity index (χ0v) is 22.7. The fraction of sp³-hybridized carbons (Fsp3) is 0.321. The second-order valence-corrected chi connectivity index (χ2v) is 9.72. The Kier molecular flexibility index (Phi) is 9.67. The lowest BCUT2D eigenvalue weighted by Crippen LogP contribution is -2.09. The molecule has 10 heteroatoms. The molecule has 0 unspecified atom stereocenters. The minimum atomic E-state index is -0.932. The minimum Gasteiger partial charge on any atom is -0.481 e. The lowest BCUT2D eigenvalue weighted by molar-refractivity contribution is -0.136. The van der Waals surface area contributed by atoms with E-state index in [4.69, 9.17) is 32.7 Å². The van der Waals surface area contributed by atoms with E-state index in [1.54, 1.807) is 23.0 Å². The maximum Gasteiger partial charge on any atom is 0.308 e. The monoisotopic (exact) mass is 556 g/mol. The summed E-state index contributed by atoms with van der Waals surface area (Å²) in [5.74, 6) is -0.0218. The van der Waals surface area contributed by atoms with Gasteiger partial charge in [0.05, 0.1) is 32.7 Å². The number of carboxylic acid groups (broad SMARTS) is 1. The highest BCUT2D eigenvalue weighted by Crippen LogP contribution is 2.24. The van der Waals surface area contributed by atoms with Crippen LogP contribution in [0.3, 0.4) is 0 Å². The van der Waals surface area contributed by atoms with Crippen LogP contribution in [0.2, 0.25) is 10.0 Å². The van der Waals surface area contributed by atoms with Crippen LogP contribution in [-0.4, -0.2) is 43.9 Å². The Balaban J connectivity index is 1.42. The molecule has 0 aliphatic carbocycles. The molecule has 38 heavy (non-hydrogen) atoms. The van der Waals surface area contributed by atoms with Crippen molar-refractivity contribution in [2.24, 2.45) is 0 Å². The third kappa shape index (κ3) is 7.76. The van der Waals surface area contributed by atoms with Crippen molar-refractivity contribution in [2.75, 3.05) is 13.2 Å². The average molecular weight is 557 g/mol. The molecule has 0 aliphatic rings. The first-order valence-corrected chi connectivity index (χ1v) is 13.2. The van der Waals surface area contributed by atoms with E-state index in [0.717, 1.165) is 23.2 Å². The largest absolute Gasteiger partial charge is 0.481 e. The van der Waals surface area contributed by atoms with Gasteiger partial charge < -0.3 is 14.6 Å². The van der Waals surface area contributed by atoms with E-state index in [9.17, 15) is 9.90 Å². The van der Waals surface area contributed by atoms with E-state index in [1.165, 1.54) is 0 Å². The van der Waals surface area contributed by atoms with Crippen LogP contribution >= 0.6 is 23.2 Å². The average Bonchev–Trinajstić information content (AvgIpc) is 3.45. The molecule has 4 aromatic rings. The molecule has 0 aliphatic heterocycles. The van der Waals surface area contributed by atoms with Crippen LogP contribution < -0.4 is 9.47 Å². The molecule has 0 atom stereocenters. The molecule has 2 aromatic carbocycles. The van der Waals surface area contributed by atoms with E-state index in [2.05, 4.69) is 10.2 Å². The van der Waals surface area contributed by atoms with Gasteiger partial charge in [-0.3, -0.25) is 14.2 Å². The van der Waals surface area contributed by atoms with Gasteiger partial charge in [-0.25, -0.2) is 0 Å². The van der Waals surface area contributed by atoms with Crippen LogP contribution in [0.5, 0.6) is 11.8 Å². The van der Waals surface area contributed by atoms with Crippen molar-refractivity contribution < 1.29 is 19.4 Å². The first-order chi connectivity index (χ1) is 18.4. The predicted octanol–water partition coefficient (Wildman–Crippen LogP) is 5.91. The zero-order valence-electron chi connectivity index (χ0n) is 21.1. The van der Waals surface area contributed by atoms with Gasteiger partial charge in [0.1, 0.15) is 0 Å². The van der Waals surface area contributed by atoms with Gasteiger partial charge in [-0.2, -0.15) is 0 Å². The molecule has 200 valence electrons. The van der Waals surface area contributed by atoms with Gasteiger partial charge in [0.15, 0.2) is 0 Å². The Morgan fingerprint density at radius 3 is 2.53 bits per heavy atom. The summed E-state index contributed by atoms with van der Waals surface area (Å²) in [6.45, 7) is 4.01. The number of halogens is 2. The fourth-order valence-electron chi connectivity index (χ4n) is 3.98. The van der Waals surface area contributed by atoms with Crippen LogP contribution in [-0.2, 0) is 30.7 Å². The summed E-state index contributed by atoms with van der Waals surface area (Å²) in [6, 6.07) is 17.2. The molecule has 1 N–H and O–H groups in total. The first-order valence-electron chi connectivity index (χ1n) is 12.5. The van der Waals surface area contributed by atoms with Crippen LogP contribution in [0.15, 0.2) is 60.8 Å². The second-order valence-electron chi connectivity index (χ2n) is 8.88. The number of aliphatic carboxylic acids is 1. The molecule has 2 aromatic heterocycles. The Morgan fingerprint density at radius 2 is 1.79 bits per heavy atom. The third-order valence-corrected chi connectivity index (χ3v) is 6.36. The van der Waals surface area contributed by atoms with Gasteiger partial charge in [0.2, 0.25) is 11.8 Å². The molecule has 0 radical (unpaired) electrons. The lowest BCUT2D eigenvalue weighted by atomic mass is 10.2. The van der Waals surface area contributed by atoms with E-state index in [1.807, 2.05) is 54.1 Å². The molecule has 2 heterocycles. The highest BCUT2D eigenvalue weighted by atomic mass is 35.5. The van der Waals surface area contributed by atoms with E-state index < -0.39 is 5.97 Å². The highest BCUT2D eigenvalue weighted by molar-refractivity contribution is 6.35. The number of ether oxygens (including phenoxy) is 2. The summed E-state index contributed by atoms with van der Waals surface area (Å²) >= 11 is 12.4. The summed E-state index contributed by atoms with van der Waals surface area (Å²) < 4.78 is 15.3. The van der Waals surface area contributed by atoms with Crippen LogP contribution in [0.1, 0.15) is 42.1 Å². The number of rotatable bonds is 14. The fourth-order valence-corrected chi connectivity index (χ4v) is 4.45. The summed E-state index contributed by atoms with van der Waals surface area (Å²) in [5, 5.41) is 19.6. The Bertz CT molecular complexity index is 1350. The van der Waals surface area contributed by atoms with Crippen molar-refractivity contribution in [1.29, 1.82) is 0 Å². The molecule has 4 rings (SSSR count). The number of nitrogens with zero attached hydrogens (tertiary/aromatic N) is 4. The van der Waals surface area contributed by atoms with Crippen molar-refractivity contribution in [3.63, 3.8) is 0 Å². The lowest BCUT2D eigenvalue weighted by Gasteiger charge is -2.10. The van der Waals surface area contributed by atoms with Gasteiger partial charge in [-0.05, 0) is 42.5 Å². The Hall–Kier alpha value is -3.49. The van der Waals surface area contributed by atoms with E-state index in [-0.39, 0.29) is 6.42 Å². The van der Waals surface area contributed by atoms with E-state index >= 15 is 0 Å². The maximum atomic E-state index is 11.4. The van der Waals surface area contributed by atoms with Crippen LogP contribution in [0, 0.1) is 0 Å². The van der Waals surface area contributed by atoms with Gasteiger partial charge >= 0.3 is 5.97 Å². The van der Waals surface area contributed by atoms with Gasteiger partial charge in [-0.1, -0.05) is 66.5 Å². The minimum absolute atomic E-state index is 0.156. The number of hydrogen-bond acceptors (Lipinski definition) is 5. The summed E-state index contributed by atoms with van der Waals surface area (Å²) in [6.07, 6.45) is 3.81. The second kappa shape index (κ2) is 13.3. The Labute approximate surface area is 231 Å². The summed E-state index contributed by atoms with van der Waals surface area (Å²) in [5.41, 5.74) is 3.50. The number of carbonyl (C=O) groups is 1. The van der Waals surface area contributed by atoms with Crippen LogP contribution in [0.25, 0.3) is 0 Å². The molecule has 8 nitrogen and oxygen atoms in total. The normalized spacial score (nSPS) is 11.0. The molecule has 0 bridgehead atoms. The van der Waals surface area contributed by atoms with Gasteiger partial charge in [-0.15, -0.1) is 10.2 Å². The van der Waals surface area contributed by atoms with Crippen molar-refractivity contribution >= 4 is 29.2 Å². The smallest absolute Gasteiger partial charge is 0.308 e. The maximum absolute atomic E-state index is 11.4. The number of aromatic nitrogens is 4.